The van der Waals surface area contributed by atoms with Crippen molar-refractivity contribution in [3.63, 3.8) is 0 Å². The van der Waals surface area contributed by atoms with Crippen molar-refractivity contribution in [1.82, 2.24) is 25.3 Å². The van der Waals surface area contributed by atoms with E-state index in [0.29, 0.717) is 37.7 Å². The van der Waals surface area contributed by atoms with Crippen LogP contribution in [0, 0.1) is 17.5 Å². The minimum atomic E-state index is -1.05. The first-order valence-electron chi connectivity index (χ1n) is 10.2. The molecule has 172 valence electrons. The van der Waals surface area contributed by atoms with Gasteiger partial charge in [-0.1, -0.05) is 23.5 Å². The number of amides is 2. The first-order valence-corrected chi connectivity index (χ1v) is 11.0. The van der Waals surface area contributed by atoms with Crippen LogP contribution in [0.15, 0.2) is 42.5 Å². The van der Waals surface area contributed by atoms with Crippen molar-refractivity contribution in [2.45, 2.75) is 13.1 Å². The van der Waals surface area contributed by atoms with Gasteiger partial charge in [0, 0.05) is 38.3 Å². The van der Waals surface area contributed by atoms with Gasteiger partial charge in [0.2, 0.25) is 5.01 Å². The molecular formula is C22H20F3N5O2S. The van der Waals surface area contributed by atoms with Gasteiger partial charge in [-0.25, -0.2) is 13.2 Å². The van der Waals surface area contributed by atoms with E-state index in [-0.39, 0.29) is 34.7 Å². The molecule has 0 atom stereocenters. The molecule has 1 saturated heterocycles. The highest BCUT2D eigenvalue weighted by molar-refractivity contribution is 7.13. The lowest BCUT2D eigenvalue weighted by atomic mass is 10.1. The van der Waals surface area contributed by atoms with Crippen molar-refractivity contribution in [3.05, 3.63) is 81.1 Å². The van der Waals surface area contributed by atoms with E-state index >= 15 is 0 Å². The van der Waals surface area contributed by atoms with Crippen molar-refractivity contribution in [3.8, 4) is 0 Å². The first kappa shape index (κ1) is 22.9. The van der Waals surface area contributed by atoms with Crippen LogP contribution in [-0.2, 0) is 13.1 Å². The molecule has 11 heteroatoms. The largest absolute Gasteiger partial charge is 0.346 e. The summed E-state index contributed by atoms with van der Waals surface area (Å²) >= 11 is 1.19. The summed E-state index contributed by atoms with van der Waals surface area (Å²) in [4.78, 5) is 28.5. The van der Waals surface area contributed by atoms with Gasteiger partial charge in [0.05, 0.1) is 6.54 Å². The lowest BCUT2D eigenvalue weighted by Crippen LogP contribution is -2.48. The lowest BCUT2D eigenvalue weighted by molar-refractivity contribution is 0.0627. The number of carbonyl (C=O) groups excluding carboxylic acids is 2. The predicted molar refractivity (Wildman–Crippen MR) is 115 cm³/mol. The van der Waals surface area contributed by atoms with Crippen molar-refractivity contribution in [2.75, 3.05) is 26.2 Å². The van der Waals surface area contributed by atoms with E-state index in [1.807, 2.05) is 0 Å². The summed E-state index contributed by atoms with van der Waals surface area (Å²) in [5, 5.41) is 11.7. The van der Waals surface area contributed by atoms with Crippen LogP contribution < -0.4 is 5.32 Å². The molecule has 0 radical (unpaired) electrons. The number of nitrogens with one attached hydrogen (secondary N) is 1. The maximum atomic E-state index is 13.4. The van der Waals surface area contributed by atoms with Crippen LogP contribution in [0.4, 0.5) is 13.2 Å². The van der Waals surface area contributed by atoms with Crippen molar-refractivity contribution in [2.24, 2.45) is 0 Å². The van der Waals surface area contributed by atoms with Gasteiger partial charge in [-0.15, -0.1) is 10.2 Å². The van der Waals surface area contributed by atoms with Crippen LogP contribution in [0.3, 0.4) is 0 Å². The summed E-state index contributed by atoms with van der Waals surface area (Å²) in [6.45, 7) is 2.74. The maximum absolute atomic E-state index is 13.4. The van der Waals surface area contributed by atoms with Gasteiger partial charge in [-0.3, -0.25) is 14.5 Å². The van der Waals surface area contributed by atoms with Crippen LogP contribution in [0.5, 0.6) is 0 Å². The number of aromatic nitrogens is 2. The fourth-order valence-corrected chi connectivity index (χ4v) is 4.18. The third-order valence-corrected chi connectivity index (χ3v) is 6.12. The van der Waals surface area contributed by atoms with Gasteiger partial charge in [0.15, 0.2) is 11.6 Å². The van der Waals surface area contributed by atoms with E-state index in [0.717, 1.165) is 17.7 Å². The molecule has 2 amide bonds. The summed E-state index contributed by atoms with van der Waals surface area (Å²) in [5.74, 6) is -3.08. The van der Waals surface area contributed by atoms with E-state index in [4.69, 9.17) is 0 Å². The number of hydrogen-bond acceptors (Lipinski definition) is 6. The number of carbonyl (C=O) groups is 2. The predicted octanol–water partition coefficient (Wildman–Crippen LogP) is 2.84. The molecule has 7 nitrogen and oxygen atoms in total. The Morgan fingerprint density at radius 3 is 2.36 bits per heavy atom. The summed E-state index contributed by atoms with van der Waals surface area (Å²) in [7, 11) is 0. The number of piperazine rings is 1. The Morgan fingerprint density at radius 1 is 0.939 bits per heavy atom. The van der Waals surface area contributed by atoms with E-state index < -0.39 is 11.6 Å². The number of benzene rings is 2. The van der Waals surface area contributed by atoms with Crippen LogP contribution >= 0.6 is 11.3 Å². The summed E-state index contributed by atoms with van der Waals surface area (Å²) in [6, 6.07) is 8.98. The van der Waals surface area contributed by atoms with Gasteiger partial charge in [-0.05, 0) is 35.9 Å². The Bertz CT molecular complexity index is 1150. The molecule has 0 unspecified atom stereocenters. The van der Waals surface area contributed by atoms with Gasteiger partial charge in [0.25, 0.3) is 11.8 Å². The van der Waals surface area contributed by atoms with Crippen LogP contribution in [0.25, 0.3) is 0 Å². The van der Waals surface area contributed by atoms with Crippen LogP contribution in [0.2, 0.25) is 0 Å². The molecule has 1 fully saturated rings. The van der Waals surface area contributed by atoms with E-state index in [1.54, 1.807) is 17.0 Å². The molecule has 2 aromatic carbocycles. The van der Waals surface area contributed by atoms with E-state index in [1.165, 1.54) is 29.5 Å². The fraction of sp³-hybridized carbons (Fsp3) is 0.273. The second-order valence-electron chi connectivity index (χ2n) is 7.51. The number of rotatable bonds is 6. The van der Waals surface area contributed by atoms with Crippen LogP contribution in [-0.4, -0.2) is 58.0 Å². The molecular weight excluding hydrogens is 455 g/mol. The van der Waals surface area contributed by atoms with E-state index in [9.17, 15) is 22.8 Å². The maximum Gasteiger partial charge on any atom is 0.282 e. The highest BCUT2D eigenvalue weighted by atomic mass is 32.1. The SMILES string of the molecule is O=C(NCc1ccc(F)cc1)c1nnc(CN2CCN(C(=O)c3ccc(F)c(F)c3)CC2)s1. The lowest BCUT2D eigenvalue weighted by Gasteiger charge is -2.34. The Balaban J connectivity index is 1.26. The quantitative estimate of drug-likeness (QED) is 0.593. The topological polar surface area (TPSA) is 78.4 Å². The van der Waals surface area contributed by atoms with Gasteiger partial charge in [-0.2, -0.15) is 0 Å². The Kier molecular flexibility index (Phi) is 6.99. The Labute approximate surface area is 191 Å². The molecule has 3 aromatic rings. The molecule has 1 N–H and O–H groups in total. The summed E-state index contributed by atoms with van der Waals surface area (Å²) < 4.78 is 39.5. The van der Waals surface area contributed by atoms with E-state index in [2.05, 4.69) is 20.4 Å². The van der Waals surface area contributed by atoms with Crippen molar-refractivity contribution < 1.29 is 22.8 Å². The normalized spacial score (nSPS) is 14.3. The Hall–Kier alpha value is -3.31. The zero-order valence-electron chi connectivity index (χ0n) is 17.4. The second kappa shape index (κ2) is 10.1. The third-order valence-electron chi connectivity index (χ3n) is 5.21. The zero-order chi connectivity index (χ0) is 23.4. The minimum absolute atomic E-state index is 0.114. The smallest absolute Gasteiger partial charge is 0.282 e. The fourth-order valence-electron chi connectivity index (χ4n) is 3.38. The average molecular weight is 475 g/mol. The molecule has 0 saturated carbocycles. The molecule has 0 aliphatic carbocycles. The highest BCUT2D eigenvalue weighted by Gasteiger charge is 2.24. The number of nitrogens with zero attached hydrogens (tertiary/aromatic N) is 4. The molecule has 1 aliphatic heterocycles. The standard InChI is InChI=1S/C22H20F3N5O2S/c23-16-4-1-14(2-5-16)12-26-20(31)21-28-27-19(33-21)13-29-7-9-30(10-8-29)22(32)15-3-6-17(24)18(25)11-15/h1-6,11H,7-10,12-13H2,(H,26,31). The number of hydrogen-bond donors (Lipinski definition) is 1. The second-order valence-corrected chi connectivity index (χ2v) is 8.57. The molecule has 0 bridgehead atoms. The monoisotopic (exact) mass is 475 g/mol. The molecule has 2 heterocycles. The highest BCUT2D eigenvalue weighted by Crippen LogP contribution is 2.16. The van der Waals surface area contributed by atoms with Crippen molar-refractivity contribution in [1.29, 1.82) is 0 Å². The molecule has 33 heavy (non-hydrogen) atoms. The van der Waals surface area contributed by atoms with Gasteiger partial charge >= 0.3 is 0 Å². The summed E-state index contributed by atoms with van der Waals surface area (Å²) in [6.07, 6.45) is 0. The van der Waals surface area contributed by atoms with Gasteiger partial charge in [0.1, 0.15) is 10.8 Å². The van der Waals surface area contributed by atoms with Crippen LogP contribution in [0.1, 0.15) is 30.7 Å². The average Bonchev–Trinajstić information content (AvgIpc) is 3.29. The van der Waals surface area contributed by atoms with Crippen molar-refractivity contribution >= 4 is 23.2 Å². The summed E-state index contributed by atoms with van der Waals surface area (Å²) in [5.41, 5.74) is 0.882. The van der Waals surface area contributed by atoms with Gasteiger partial charge < -0.3 is 10.2 Å². The minimum Gasteiger partial charge on any atom is -0.346 e. The molecule has 4 rings (SSSR count). The molecule has 1 aromatic heterocycles. The first-order chi connectivity index (χ1) is 15.9. The molecule has 0 spiro atoms. The third kappa shape index (κ3) is 5.74. The zero-order valence-corrected chi connectivity index (χ0v) is 18.2. The molecule has 1 aliphatic rings. The Morgan fingerprint density at radius 2 is 1.67 bits per heavy atom. The number of halogens is 3.